The summed E-state index contributed by atoms with van der Waals surface area (Å²) < 4.78 is 2.55. The average Bonchev–Trinajstić information content (AvgIpc) is 3.60. The Hall–Kier alpha value is -5.80. The molecule has 8 aromatic rings. The van der Waals surface area contributed by atoms with Crippen molar-refractivity contribution in [3.05, 3.63) is 162 Å². The highest BCUT2D eigenvalue weighted by Gasteiger charge is 2.39. The monoisotopic (exact) mass is 626 g/mol. The topological polar surface area (TPSA) is 17.0 Å². The van der Waals surface area contributed by atoms with Gasteiger partial charge in [-0.2, -0.15) is 0 Å². The lowest BCUT2D eigenvalue weighted by Gasteiger charge is -2.27. The second-order valence-corrected chi connectivity index (χ2v) is 14.2. The number of anilines is 2. The van der Waals surface area contributed by atoms with Crippen molar-refractivity contribution < 1.29 is 0 Å². The normalized spacial score (nSPS) is 13.5. The first-order valence-corrected chi connectivity index (χ1v) is 17.3. The van der Waals surface area contributed by atoms with Crippen LogP contribution >= 0.6 is 0 Å². The van der Waals surface area contributed by atoms with Crippen LogP contribution in [0, 0.1) is 6.92 Å². The van der Waals surface area contributed by atoms with Gasteiger partial charge >= 0.3 is 0 Å². The summed E-state index contributed by atoms with van der Waals surface area (Å²) in [6.45, 7) is 7.01. The summed E-state index contributed by atoms with van der Waals surface area (Å²) in [5.41, 5.74) is 20.6. The molecule has 0 amide bonds. The molecule has 49 heavy (non-hydrogen) atoms. The van der Waals surface area contributed by atoms with Crippen LogP contribution in [0.4, 0.5) is 11.4 Å². The molecule has 0 saturated heterocycles. The fraction of sp³-hybridized carbons (Fsp3) is 0.0870. The molecule has 10 rings (SSSR count). The number of nitrogens with one attached hydrogen (secondary N) is 1. The smallest absolute Gasteiger partial charge is 0.198 e. The van der Waals surface area contributed by atoms with Gasteiger partial charge in [0.1, 0.15) is 0 Å². The van der Waals surface area contributed by atoms with Gasteiger partial charge in [-0.25, -0.2) is 0 Å². The summed E-state index contributed by atoms with van der Waals surface area (Å²) in [4.78, 5) is 0. The van der Waals surface area contributed by atoms with Crippen molar-refractivity contribution in [2.24, 2.45) is 0 Å². The largest absolute Gasteiger partial charge is 0.355 e. The third kappa shape index (κ3) is 3.96. The number of fused-ring (bicyclic) bond motifs is 8. The highest BCUT2D eigenvalue weighted by atomic mass is 15.0. The molecule has 0 radical (unpaired) electrons. The Balaban J connectivity index is 1.42. The highest BCUT2D eigenvalue weighted by molar-refractivity contribution is 6.73. The molecule has 232 valence electrons. The Morgan fingerprint density at radius 2 is 1.31 bits per heavy atom. The van der Waals surface area contributed by atoms with Gasteiger partial charge in [-0.05, 0) is 93.3 Å². The molecule has 0 spiro atoms. The zero-order valence-corrected chi connectivity index (χ0v) is 28.0. The van der Waals surface area contributed by atoms with E-state index in [0.29, 0.717) is 0 Å². The first kappa shape index (κ1) is 28.2. The van der Waals surface area contributed by atoms with Crippen LogP contribution in [-0.2, 0) is 5.41 Å². The van der Waals surface area contributed by atoms with Gasteiger partial charge in [0.15, 0.2) is 7.28 Å². The third-order valence-corrected chi connectivity index (χ3v) is 11.1. The van der Waals surface area contributed by atoms with E-state index in [2.05, 4.69) is 176 Å². The molecule has 0 unspecified atom stereocenters. The zero-order valence-electron chi connectivity index (χ0n) is 28.0. The van der Waals surface area contributed by atoms with Gasteiger partial charge in [-0.15, -0.1) is 0 Å². The summed E-state index contributed by atoms with van der Waals surface area (Å²) >= 11 is 0. The molecule has 0 fully saturated rings. The van der Waals surface area contributed by atoms with Crippen LogP contribution < -0.4 is 16.2 Å². The zero-order chi connectivity index (χ0) is 32.9. The van der Waals surface area contributed by atoms with E-state index >= 15 is 0 Å². The minimum Gasteiger partial charge on any atom is -0.355 e. The van der Waals surface area contributed by atoms with Crippen LogP contribution in [0.15, 0.2) is 146 Å². The Kier molecular flexibility index (Phi) is 5.96. The molecular formula is C46H35BN2. The van der Waals surface area contributed by atoms with Crippen LogP contribution in [-0.4, -0.2) is 11.8 Å². The van der Waals surface area contributed by atoms with Crippen molar-refractivity contribution in [1.29, 1.82) is 0 Å². The molecule has 7 aromatic carbocycles. The van der Waals surface area contributed by atoms with E-state index in [-0.39, 0.29) is 5.41 Å². The minimum atomic E-state index is -0.117. The molecule has 1 aliphatic heterocycles. The molecule has 2 heterocycles. The van der Waals surface area contributed by atoms with Crippen LogP contribution in [0.25, 0.3) is 60.9 Å². The Morgan fingerprint density at radius 1 is 0.592 bits per heavy atom. The van der Waals surface area contributed by atoms with Crippen molar-refractivity contribution in [3.63, 3.8) is 0 Å². The first-order chi connectivity index (χ1) is 24.0. The Bertz CT molecular complexity index is 2640. The number of hydrogen-bond acceptors (Lipinski definition) is 1. The lowest BCUT2D eigenvalue weighted by Crippen LogP contribution is -2.37. The maximum Gasteiger partial charge on any atom is 0.198 e. The maximum absolute atomic E-state index is 3.90. The van der Waals surface area contributed by atoms with Crippen LogP contribution in [0.2, 0.25) is 0 Å². The van der Waals surface area contributed by atoms with Gasteiger partial charge in [-0.3, -0.25) is 0 Å². The summed E-state index contributed by atoms with van der Waals surface area (Å²) in [6.07, 6.45) is 0. The Morgan fingerprint density at radius 3 is 2.16 bits per heavy atom. The number of para-hydroxylation sites is 3. The fourth-order valence-electron chi connectivity index (χ4n) is 8.89. The summed E-state index contributed by atoms with van der Waals surface area (Å²) in [5.74, 6) is 0. The molecule has 1 aromatic heterocycles. The van der Waals surface area contributed by atoms with Crippen molar-refractivity contribution in [1.82, 2.24) is 4.57 Å². The number of aryl methyl sites for hydroxylation is 1. The molecule has 2 nitrogen and oxygen atoms in total. The second-order valence-electron chi connectivity index (χ2n) is 14.2. The molecule has 2 aliphatic rings. The number of aromatic nitrogens is 1. The van der Waals surface area contributed by atoms with E-state index in [0.717, 1.165) is 18.7 Å². The lowest BCUT2D eigenvalue weighted by atomic mass is 9.58. The number of rotatable bonds is 4. The van der Waals surface area contributed by atoms with E-state index in [1.54, 1.807) is 0 Å². The lowest BCUT2D eigenvalue weighted by molar-refractivity contribution is 0.660. The van der Waals surface area contributed by atoms with E-state index in [9.17, 15) is 0 Å². The standard InChI is InChI=1S/C46H35BN2/c1-28-15-7-8-18-30(28)33-27-34(44-45-41(33)32-20-10-13-23-39(32)49(45)40-24-14-12-22-37(40)47-44)43-38(48-29-16-5-4-6-17-29)26-25-36-42(43)31-19-9-11-21-35(31)46(36,2)3/h4-27,47-48H,1-3H3. The van der Waals surface area contributed by atoms with Gasteiger partial charge < -0.3 is 9.88 Å². The first-order valence-electron chi connectivity index (χ1n) is 17.3. The van der Waals surface area contributed by atoms with E-state index in [1.165, 1.54) is 88.5 Å². The Labute approximate surface area is 287 Å². The molecule has 3 heteroatoms. The van der Waals surface area contributed by atoms with Crippen molar-refractivity contribution in [3.8, 4) is 39.1 Å². The van der Waals surface area contributed by atoms with Gasteiger partial charge in [-0.1, -0.05) is 129 Å². The van der Waals surface area contributed by atoms with Crippen LogP contribution in [0.1, 0.15) is 30.5 Å². The number of benzene rings is 7. The third-order valence-electron chi connectivity index (χ3n) is 11.1. The van der Waals surface area contributed by atoms with Crippen LogP contribution in [0.3, 0.4) is 0 Å². The van der Waals surface area contributed by atoms with Crippen molar-refractivity contribution in [2.75, 3.05) is 5.32 Å². The summed E-state index contributed by atoms with van der Waals surface area (Å²) in [6, 6.07) is 53.7. The summed E-state index contributed by atoms with van der Waals surface area (Å²) in [5, 5.41) is 6.54. The van der Waals surface area contributed by atoms with Gasteiger partial charge in [0, 0.05) is 44.3 Å². The highest BCUT2D eigenvalue weighted by Crippen LogP contribution is 2.55. The second kappa shape index (κ2) is 10.4. The predicted octanol–water partition coefficient (Wildman–Crippen LogP) is 10.2. The molecular weight excluding hydrogens is 591 g/mol. The molecule has 0 bridgehead atoms. The van der Waals surface area contributed by atoms with Gasteiger partial charge in [0.25, 0.3) is 0 Å². The minimum absolute atomic E-state index is 0.117. The molecule has 1 aliphatic carbocycles. The fourth-order valence-corrected chi connectivity index (χ4v) is 8.89. The molecule has 0 atom stereocenters. The SMILES string of the molecule is Cc1ccccc1-c1cc(-c2c(Nc3ccccc3)ccc3c2-c2ccccc2C3(C)C)c2c3c1c1ccccc1n3-c1ccccc1B2. The van der Waals surface area contributed by atoms with E-state index in [4.69, 9.17) is 0 Å². The average molecular weight is 627 g/mol. The summed E-state index contributed by atoms with van der Waals surface area (Å²) in [7, 11) is 0.867. The predicted molar refractivity (Wildman–Crippen MR) is 210 cm³/mol. The maximum atomic E-state index is 3.90. The van der Waals surface area contributed by atoms with Crippen molar-refractivity contribution in [2.45, 2.75) is 26.2 Å². The number of hydrogen-bond donors (Lipinski definition) is 1. The quantitative estimate of drug-likeness (QED) is 0.192. The van der Waals surface area contributed by atoms with E-state index < -0.39 is 0 Å². The van der Waals surface area contributed by atoms with Gasteiger partial charge in [0.2, 0.25) is 0 Å². The van der Waals surface area contributed by atoms with Crippen molar-refractivity contribution >= 4 is 51.4 Å². The van der Waals surface area contributed by atoms with E-state index in [1.807, 2.05) is 0 Å². The molecule has 0 saturated carbocycles. The van der Waals surface area contributed by atoms with Gasteiger partial charge in [0.05, 0.1) is 5.52 Å². The number of nitrogens with zero attached hydrogens (tertiary/aromatic N) is 1. The van der Waals surface area contributed by atoms with Crippen LogP contribution in [0.5, 0.6) is 0 Å². The molecule has 1 N–H and O–H groups in total.